The Morgan fingerprint density at radius 1 is 1.37 bits per heavy atom. The molecule has 2 aromatic rings. The van der Waals surface area contributed by atoms with Gasteiger partial charge in [-0.25, -0.2) is 0 Å². The maximum absolute atomic E-state index is 10.9. The van der Waals surface area contributed by atoms with Gasteiger partial charge in [-0.2, -0.15) is 0 Å². The third-order valence-corrected chi connectivity index (χ3v) is 3.65. The van der Waals surface area contributed by atoms with Gasteiger partial charge in [-0.05, 0) is 57.0 Å². The first-order valence-corrected chi connectivity index (χ1v) is 6.98. The molecule has 1 aromatic heterocycles. The van der Waals surface area contributed by atoms with Gasteiger partial charge < -0.3 is 9.73 Å². The summed E-state index contributed by atoms with van der Waals surface area (Å²) in [4.78, 5) is 10.5. The van der Waals surface area contributed by atoms with Gasteiger partial charge in [-0.1, -0.05) is 0 Å². The molecule has 1 aromatic carbocycles. The molecule has 1 N–H and O–H groups in total. The molecule has 0 amide bonds. The van der Waals surface area contributed by atoms with Crippen molar-refractivity contribution in [2.45, 2.75) is 13.5 Å². The number of nitrogens with one attached hydrogen (secondary N) is 1. The number of furan rings is 1. The van der Waals surface area contributed by atoms with Crippen LogP contribution in [0.25, 0.3) is 0 Å². The van der Waals surface area contributed by atoms with Gasteiger partial charge in [0.1, 0.15) is 5.76 Å². The summed E-state index contributed by atoms with van der Waals surface area (Å²) < 4.78 is 6.78. The van der Waals surface area contributed by atoms with Crippen molar-refractivity contribution in [1.29, 1.82) is 0 Å². The zero-order chi connectivity index (χ0) is 14.0. The van der Waals surface area contributed by atoms with Gasteiger partial charge in [0.15, 0.2) is 4.67 Å². The second kappa shape index (κ2) is 5.75. The largest absolute Gasteiger partial charge is 0.452 e. The summed E-state index contributed by atoms with van der Waals surface area (Å²) in [6, 6.07) is 6.85. The quantitative estimate of drug-likeness (QED) is 0.611. The average Bonchev–Trinajstić information content (AvgIpc) is 2.73. The fraction of sp³-hybridized carbons (Fsp3) is 0.167. The number of hydrogen-bond donors (Lipinski definition) is 1. The Kier molecular flexibility index (Phi) is 4.26. The Bertz CT molecular complexity index is 625. The number of hydrogen-bond acceptors (Lipinski definition) is 4. The summed E-state index contributed by atoms with van der Waals surface area (Å²) in [6.07, 6.45) is 0. The lowest BCUT2D eigenvalue weighted by Crippen LogP contribution is -2.01. The molecule has 0 bridgehead atoms. The number of nitro benzene ring substituents is 1. The van der Waals surface area contributed by atoms with Crippen molar-refractivity contribution in [2.75, 3.05) is 5.32 Å². The zero-order valence-corrected chi connectivity index (χ0v) is 13.1. The second-order valence-corrected chi connectivity index (χ2v) is 5.57. The molecule has 0 spiro atoms. The molecule has 0 atom stereocenters. The first-order chi connectivity index (χ1) is 8.97. The minimum Gasteiger partial charge on any atom is -0.452 e. The maximum Gasteiger partial charge on any atom is 0.274 e. The molecule has 7 heteroatoms. The fourth-order valence-electron chi connectivity index (χ4n) is 1.62. The second-order valence-electron chi connectivity index (χ2n) is 3.94. The molecule has 5 nitrogen and oxygen atoms in total. The first kappa shape index (κ1) is 14.1. The van der Waals surface area contributed by atoms with Crippen molar-refractivity contribution in [3.05, 3.63) is 54.8 Å². The van der Waals surface area contributed by atoms with E-state index in [1.54, 1.807) is 19.1 Å². The minimum atomic E-state index is -0.392. The molecule has 0 saturated carbocycles. The van der Waals surface area contributed by atoms with Gasteiger partial charge in [-0.15, -0.1) is 0 Å². The van der Waals surface area contributed by atoms with Crippen LogP contribution in [0, 0.1) is 17.0 Å². The number of aryl methyl sites for hydroxylation is 1. The minimum absolute atomic E-state index is 0.0892. The van der Waals surface area contributed by atoms with Crippen LogP contribution < -0.4 is 5.32 Å². The number of nitro groups is 1. The summed E-state index contributed by atoms with van der Waals surface area (Å²) in [7, 11) is 0. The zero-order valence-electron chi connectivity index (χ0n) is 9.94. The Morgan fingerprint density at radius 2 is 2.11 bits per heavy atom. The molecule has 1 heterocycles. The van der Waals surface area contributed by atoms with Gasteiger partial charge >= 0.3 is 0 Å². The van der Waals surface area contributed by atoms with Crippen molar-refractivity contribution < 1.29 is 9.34 Å². The number of anilines is 1. The molecule has 0 fully saturated rings. The van der Waals surface area contributed by atoms with Crippen LogP contribution in [0.15, 0.2) is 37.8 Å². The third-order valence-electron chi connectivity index (χ3n) is 2.56. The van der Waals surface area contributed by atoms with E-state index in [4.69, 9.17) is 4.42 Å². The van der Waals surface area contributed by atoms with E-state index in [2.05, 4.69) is 37.2 Å². The first-order valence-electron chi connectivity index (χ1n) is 5.40. The summed E-state index contributed by atoms with van der Waals surface area (Å²) in [5.41, 5.74) is 1.36. The monoisotopic (exact) mass is 388 g/mol. The van der Waals surface area contributed by atoms with Gasteiger partial charge in [0.05, 0.1) is 17.2 Å². The van der Waals surface area contributed by atoms with E-state index in [1.165, 1.54) is 6.07 Å². The molecular weight excluding hydrogens is 380 g/mol. The van der Waals surface area contributed by atoms with Crippen LogP contribution in [0.4, 0.5) is 11.4 Å². The number of nitrogens with zero attached hydrogens (tertiary/aromatic N) is 1. The molecule has 0 unspecified atom stereocenters. The molecule has 19 heavy (non-hydrogen) atoms. The van der Waals surface area contributed by atoms with Crippen LogP contribution in [0.2, 0.25) is 0 Å². The highest BCUT2D eigenvalue weighted by Gasteiger charge is 2.14. The van der Waals surface area contributed by atoms with Crippen molar-refractivity contribution in [3.63, 3.8) is 0 Å². The fourth-order valence-corrected chi connectivity index (χ4v) is 2.56. The lowest BCUT2D eigenvalue weighted by molar-refractivity contribution is -0.385. The van der Waals surface area contributed by atoms with E-state index in [-0.39, 0.29) is 5.69 Å². The molecule has 0 aliphatic rings. The van der Waals surface area contributed by atoms with Gasteiger partial charge in [0, 0.05) is 16.1 Å². The van der Waals surface area contributed by atoms with Crippen LogP contribution >= 0.6 is 31.9 Å². The van der Waals surface area contributed by atoms with Gasteiger partial charge in [0.2, 0.25) is 0 Å². The SMILES string of the molecule is Cc1cc(Br)c(NCc2ccc(Br)o2)cc1[N+](=O)[O-]. The molecule has 0 radical (unpaired) electrons. The molecule has 0 aliphatic heterocycles. The molecule has 100 valence electrons. The maximum atomic E-state index is 10.9. The van der Waals surface area contributed by atoms with Crippen LogP contribution in [0.1, 0.15) is 11.3 Å². The standard InChI is InChI=1S/C12H10Br2N2O3/c1-7-4-9(13)10(5-11(7)16(17)18)15-6-8-2-3-12(14)19-8/h2-5,15H,6H2,1H3. The van der Waals surface area contributed by atoms with Crippen LogP contribution in [-0.2, 0) is 6.54 Å². The summed E-state index contributed by atoms with van der Waals surface area (Å²) >= 11 is 6.60. The van der Waals surface area contributed by atoms with E-state index in [0.717, 1.165) is 10.2 Å². The van der Waals surface area contributed by atoms with E-state index < -0.39 is 4.92 Å². The topological polar surface area (TPSA) is 68.3 Å². The highest BCUT2D eigenvalue weighted by Crippen LogP contribution is 2.31. The van der Waals surface area contributed by atoms with Crippen LogP contribution in [0.5, 0.6) is 0 Å². The molecule has 0 saturated heterocycles. The predicted molar refractivity (Wildman–Crippen MR) is 79.3 cm³/mol. The summed E-state index contributed by atoms with van der Waals surface area (Å²) in [5, 5.41) is 14.0. The van der Waals surface area contributed by atoms with Gasteiger partial charge in [0.25, 0.3) is 5.69 Å². The Balaban J connectivity index is 2.20. The predicted octanol–water partition coefficient (Wildman–Crippen LogP) is 4.63. The van der Waals surface area contributed by atoms with E-state index in [9.17, 15) is 10.1 Å². The highest BCUT2D eigenvalue weighted by molar-refractivity contribution is 9.10. The lowest BCUT2D eigenvalue weighted by Gasteiger charge is -2.08. The van der Waals surface area contributed by atoms with Crippen molar-refractivity contribution >= 4 is 43.2 Å². The van der Waals surface area contributed by atoms with Crippen molar-refractivity contribution in [1.82, 2.24) is 0 Å². The Labute approximate surface area is 126 Å². The Morgan fingerprint density at radius 3 is 2.68 bits per heavy atom. The smallest absolute Gasteiger partial charge is 0.274 e. The van der Waals surface area contributed by atoms with Crippen LogP contribution in [0.3, 0.4) is 0 Å². The molecule has 0 aliphatic carbocycles. The Hall–Kier alpha value is -1.34. The number of rotatable bonds is 4. The van der Waals surface area contributed by atoms with E-state index in [0.29, 0.717) is 22.5 Å². The highest BCUT2D eigenvalue weighted by atomic mass is 79.9. The number of benzene rings is 1. The van der Waals surface area contributed by atoms with Crippen molar-refractivity contribution in [3.8, 4) is 0 Å². The normalized spacial score (nSPS) is 10.5. The number of halogens is 2. The molecular formula is C12H10Br2N2O3. The summed E-state index contributed by atoms with van der Waals surface area (Å²) in [5.74, 6) is 0.738. The molecule has 2 rings (SSSR count). The average molecular weight is 390 g/mol. The summed E-state index contributed by atoms with van der Waals surface area (Å²) in [6.45, 7) is 2.15. The third kappa shape index (κ3) is 3.36. The van der Waals surface area contributed by atoms with Gasteiger partial charge in [-0.3, -0.25) is 10.1 Å². The van der Waals surface area contributed by atoms with E-state index >= 15 is 0 Å². The van der Waals surface area contributed by atoms with Crippen LogP contribution in [-0.4, -0.2) is 4.92 Å². The van der Waals surface area contributed by atoms with Crippen molar-refractivity contribution in [2.24, 2.45) is 0 Å². The lowest BCUT2D eigenvalue weighted by atomic mass is 10.2. The van der Waals surface area contributed by atoms with E-state index in [1.807, 2.05) is 6.07 Å².